The van der Waals surface area contributed by atoms with Crippen LogP contribution in [0.1, 0.15) is 31.9 Å². The highest BCUT2D eigenvalue weighted by atomic mass is 35.5. The summed E-state index contributed by atoms with van der Waals surface area (Å²) in [5, 5.41) is 7.78. The molecule has 1 heterocycles. The largest absolute Gasteiger partial charge is 0.364 e. The van der Waals surface area contributed by atoms with Gasteiger partial charge in [-0.2, -0.15) is 9.36 Å². The van der Waals surface area contributed by atoms with Crippen molar-refractivity contribution in [3.63, 3.8) is 0 Å². The topological polar surface area (TPSA) is 52.7 Å². The van der Waals surface area contributed by atoms with Gasteiger partial charge in [-0.25, -0.2) is 4.79 Å². The van der Waals surface area contributed by atoms with Gasteiger partial charge in [-0.1, -0.05) is 30.3 Å². The van der Waals surface area contributed by atoms with E-state index in [1.54, 1.807) is 0 Å². The van der Waals surface area contributed by atoms with Gasteiger partial charge in [0.25, 0.3) is 0 Å². The van der Waals surface area contributed by atoms with E-state index < -0.39 is 0 Å². The lowest BCUT2D eigenvalue weighted by Crippen LogP contribution is -2.29. The Hall–Kier alpha value is -1.62. The van der Waals surface area contributed by atoms with Crippen LogP contribution in [0.3, 0.4) is 0 Å². The molecule has 0 aliphatic carbocycles. The van der Waals surface area contributed by atoms with E-state index in [1.165, 1.54) is 9.36 Å². The number of halogens is 1. The van der Waals surface area contributed by atoms with Crippen LogP contribution in [0.15, 0.2) is 35.1 Å². The Bertz CT molecular complexity index is 576. The highest BCUT2D eigenvalue weighted by Gasteiger charge is 2.20. The summed E-state index contributed by atoms with van der Waals surface area (Å²) in [6, 6.07) is 9.59. The van der Waals surface area contributed by atoms with Crippen molar-refractivity contribution >= 4 is 11.6 Å². The number of nitrogens with zero attached hydrogens (tertiary/aromatic N) is 4. The van der Waals surface area contributed by atoms with Crippen LogP contribution in [0.5, 0.6) is 0 Å². The Morgan fingerprint density at radius 1 is 1.26 bits per heavy atom. The molecule has 0 fully saturated rings. The molecule has 0 N–H and O–H groups in total. The fourth-order valence-electron chi connectivity index (χ4n) is 2.04. The first-order valence-corrected chi connectivity index (χ1v) is 6.78. The SMILES string of the molecule is CCn1nnn(C(CC(C)Cl)c2ccccc2)c1=O. The lowest BCUT2D eigenvalue weighted by molar-refractivity contribution is 0.461. The molecule has 0 saturated heterocycles. The molecule has 1 aromatic heterocycles. The maximum atomic E-state index is 12.2. The highest BCUT2D eigenvalue weighted by Crippen LogP contribution is 2.23. The maximum absolute atomic E-state index is 12.2. The molecule has 0 amide bonds. The predicted octanol–water partition coefficient (Wildman–Crippen LogP) is 2.07. The van der Waals surface area contributed by atoms with E-state index in [2.05, 4.69) is 10.4 Å². The van der Waals surface area contributed by atoms with Crippen LogP contribution in [-0.4, -0.2) is 25.2 Å². The Balaban J connectivity index is 2.43. The van der Waals surface area contributed by atoms with Gasteiger partial charge >= 0.3 is 5.69 Å². The van der Waals surface area contributed by atoms with Crippen LogP contribution in [0.2, 0.25) is 0 Å². The van der Waals surface area contributed by atoms with E-state index in [-0.39, 0.29) is 17.1 Å². The molecule has 0 radical (unpaired) electrons. The minimum atomic E-state index is -0.200. The smallest absolute Gasteiger partial charge is 0.244 e. The van der Waals surface area contributed by atoms with Crippen LogP contribution >= 0.6 is 11.6 Å². The number of aromatic nitrogens is 4. The number of hydrogen-bond donors (Lipinski definition) is 0. The first-order chi connectivity index (χ1) is 9.13. The number of hydrogen-bond acceptors (Lipinski definition) is 3. The molecule has 0 aliphatic heterocycles. The second-order valence-corrected chi connectivity index (χ2v) is 5.21. The summed E-state index contributed by atoms with van der Waals surface area (Å²) >= 11 is 6.09. The van der Waals surface area contributed by atoms with Gasteiger partial charge in [-0.05, 0) is 36.3 Å². The van der Waals surface area contributed by atoms with Gasteiger partial charge in [0.15, 0.2) is 0 Å². The van der Waals surface area contributed by atoms with E-state index in [1.807, 2.05) is 44.2 Å². The molecule has 2 unspecified atom stereocenters. The molecule has 1 aromatic carbocycles. The molecule has 2 rings (SSSR count). The van der Waals surface area contributed by atoms with Gasteiger partial charge in [-0.3, -0.25) is 0 Å². The molecule has 19 heavy (non-hydrogen) atoms. The standard InChI is InChI=1S/C13H17ClN4O/c1-3-17-13(19)18(16-15-17)12(9-10(2)14)11-7-5-4-6-8-11/h4-8,10,12H,3,9H2,1-2H3. The van der Waals surface area contributed by atoms with Gasteiger partial charge in [0.2, 0.25) is 0 Å². The van der Waals surface area contributed by atoms with Crippen LogP contribution in [-0.2, 0) is 6.54 Å². The molecule has 2 aromatic rings. The van der Waals surface area contributed by atoms with Crippen molar-refractivity contribution in [2.75, 3.05) is 0 Å². The van der Waals surface area contributed by atoms with Gasteiger partial charge in [-0.15, -0.1) is 11.6 Å². The minimum absolute atomic E-state index is 0.0520. The second-order valence-electron chi connectivity index (χ2n) is 4.46. The lowest BCUT2D eigenvalue weighted by atomic mass is 10.0. The van der Waals surface area contributed by atoms with Crippen LogP contribution in [0, 0.1) is 0 Å². The maximum Gasteiger partial charge on any atom is 0.364 e. The van der Waals surface area contributed by atoms with Gasteiger partial charge in [0.05, 0.1) is 6.04 Å². The molecular weight excluding hydrogens is 264 g/mol. The fourth-order valence-corrected chi connectivity index (χ4v) is 2.21. The van der Waals surface area contributed by atoms with E-state index in [4.69, 9.17) is 11.6 Å². The summed E-state index contributed by atoms with van der Waals surface area (Å²) in [5.41, 5.74) is 0.814. The van der Waals surface area contributed by atoms with E-state index in [0.29, 0.717) is 13.0 Å². The molecule has 6 heteroatoms. The number of aryl methyl sites for hydroxylation is 1. The zero-order chi connectivity index (χ0) is 13.8. The number of benzene rings is 1. The Kier molecular flexibility index (Phi) is 4.37. The number of rotatable bonds is 5. The van der Waals surface area contributed by atoms with E-state index in [0.717, 1.165) is 5.56 Å². The Labute approximate surface area is 116 Å². The van der Waals surface area contributed by atoms with Gasteiger partial charge in [0.1, 0.15) is 0 Å². The number of alkyl halides is 1. The van der Waals surface area contributed by atoms with Gasteiger partial charge < -0.3 is 0 Å². The second kappa shape index (κ2) is 6.02. The van der Waals surface area contributed by atoms with Crippen LogP contribution in [0.4, 0.5) is 0 Å². The lowest BCUT2D eigenvalue weighted by Gasteiger charge is -2.17. The molecular formula is C13H17ClN4O. The molecule has 5 nitrogen and oxygen atoms in total. The van der Waals surface area contributed by atoms with Crippen molar-refractivity contribution in [2.45, 2.75) is 38.2 Å². The van der Waals surface area contributed by atoms with Crippen molar-refractivity contribution < 1.29 is 0 Å². The van der Waals surface area contributed by atoms with Crippen molar-refractivity contribution in [3.8, 4) is 0 Å². The highest BCUT2D eigenvalue weighted by molar-refractivity contribution is 6.20. The monoisotopic (exact) mass is 280 g/mol. The first kappa shape index (κ1) is 13.8. The van der Waals surface area contributed by atoms with Crippen molar-refractivity contribution in [2.24, 2.45) is 0 Å². The molecule has 0 saturated carbocycles. The zero-order valence-electron chi connectivity index (χ0n) is 11.0. The molecule has 0 aliphatic rings. The molecule has 0 spiro atoms. The van der Waals surface area contributed by atoms with E-state index in [9.17, 15) is 4.79 Å². The third-order valence-corrected chi connectivity index (χ3v) is 3.17. The fraction of sp³-hybridized carbons (Fsp3) is 0.462. The molecule has 2 atom stereocenters. The van der Waals surface area contributed by atoms with Crippen LogP contribution < -0.4 is 5.69 Å². The molecule has 0 bridgehead atoms. The Morgan fingerprint density at radius 2 is 1.95 bits per heavy atom. The normalized spacial score (nSPS) is 14.3. The van der Waals surface area contributed by atoms with Crippen molar-refractivity contribution in [1.29, 1.82) is 0 Å². The van der Waals surface area contributed by atoms with Gasteiger partial charge in [0, 0.05) is 11.9 Å². The van der Waals surface area contributed by atoms with E-state index >= 15 is 0 Å². The van der Waals surface area contributed by atoms with Crippen molar-refractivity contribution in [1.82, 2.24) is 19.8 Å². The summed E-state index contributed by atoms with van der Waals surface area (Å²) < 4.78 is 2.76. The Morgan fingerprint density at radius 3 is 2.47 bits per heavy atom. The summed E-state index contributed by atoms with van der Waals surface area (Å²) in [5.74, 6) is 0. The summed E-state index contributed by atoms with van der Waals surface area (Å²) in [4.78, 5) is 12.2. The van der Waals surface area contributed by atoms with Crippen LogP contribution in [0.25, 0.3) is 0 Å². The quantitative estimate of drug-likeness (QED) is 0.788. The average molecular weight is 281 g/mol. The minimum Gasteiger partial charge on any atom is -0.244 e. The summed E-state index contributed by atoms with van der Waals surface area (Å²) in [6.45, 7) is 4.28. The zero-order valence-corrected chi connectivity index (χ0v) is 11.8. The van der Waals surface area contributed by atoms with Crippen molar-refractivity contribution in [3.05, 3.63) is 46.4 Å². The summed E-state index contributed by atoms with van der Waals surface area (Å²) in [6.07, 6.45) is 0.633. The predicted molar refractivity (Wildman–Crippen MR) is 74.5 cm³/mol. The average Bonchev–Trinajstić information content (AvgIpc) is 2.78. The first-order valence-electron chi connectivity index (χ1n) is 6.34. The molecule has 102 valence electrons. The third kappa shape index (κ3) is 3.04. The summed E-state index contributed by atoms with van der Waals surface area (Å²) in [7, 11) is 0. The number of tetrazole rings is 1. The third-order valence-electron chi connectivity index (χ3n) is 2.99.